The molecule has 0 fully saturated rings. The van der Waals surface area contributed by atoms with Crippen molar-refractivity contribution < 1.29 is 28.1 Å². The Morgan fingerprint density at radius 1 is 0.821 bits per heavy atom. The highest BCUT2D eigenvalue weighted by Crippen LogP contribution is 2.51. The smallest absolute Gasteiger partial charge is 0.328 e. The molecule has 3 N–H and O–H groups in total. The minimum Gasteiger partial charge on any atom is -0.328 e. The lowest BCUT2D eigenvalue weighted by atomic mass is 10.0. The Morgan fingerprint density at radius 2 is 1.25 bits per heavy atom. The van der Waals surface area contributed by atoms with Crippen molar-refractivity contribution in [1.29, 1.82) is 0 Å². The van der Waals surface area contributed by atoms with Gasteiger partial charge in [-0.3, -0.25) is 0 Å². The Kier molecular flexibility index (Phi) is 15.0. The first kappa shape index (κ1) is 27.4. The molecule has 0 spiro atoms. The molecule has 0 aliphatic heterocycles. The Morgan fingerprint density at radius 3 is 1.68 bits per heavy atom. The highest BCUT2D eigenvalue weighted by Gasteiger charge is 2.22. The summed E-state index contributed by atoms with van der Waals surface area (Å²) in [6.07, 6.45) is 14.7. The first-order valence-corrected chi connectivity index (χ1v) is 12.1. The van der Waals surface area contributed by atoms with Crippen molar-refractivity contribution in [2.24, 2.45) is 0 Å². The molecular weight excluding hydrogens is 398 g/mol. The molecule has 1 atom stereocenters. The normalized spacial score (nSPS) is 14.9. The number of allylic oxidation sites excluding steroid dienone is 7. The van der Waals surface area contributed by atoms with Gasteiger partial charge < -0.3 is 19.2 Å². The van der Waals surface area contributed by atoms with Crippen LogP contribution in [0.5, 0.6) is 0 Å². The van der Waals surface area contributed by atoms with E-state index in [4.69, 9.17) is 14.3 Å². The van der Waals surface area contributed by atoms with Gasteiger partial charge in [0.25, 0.3) is 0 Å². The zero-order valence-corrected chi connectivity index (χ0v) is 19.5. The van der Waals surface area contributed by atoms with Crippen LogP contribution in [0, 0.1) is 0 Å². The zero-order valence-electron chi connectivity index (χ0n) is 17.7. The number of hydrogen-bond acceptors (Lipinski definition) is 4. The summed E-state index contributed by atoms with van der Waals surface area (Å²) in [7, 11) is -7.29. The van der Waals surface area contributed by atoms with E-state index in [0.717, 1.165) is 44.1 Å². The van der Waals surface area contributed by atoms with Crippen LogP contribution in [0.2, 0.25) is 0 Å². The van der Waals surface area contributed by atoms with E-state index >= 15 is 0 Å². The molecule has 0 aliphatic rings. The van der Waals surface area contributed by atoms with Crippen molar-refractivity contribution in [3.63, 3.8) is 0 Å². The summed E-state index contributed by atoms with van der Waals surface area (Å²) >= 11 is 0. The molecule has 0 radical (unpaired) electrons. The van der Waals surface area contributed by atoms with Gasteiger partial charge in [0.15, 0.2) is 0 Å². The fraction of sp³-hybridized carbons (Fsp3) is 0.600. The molecule has 6 nitrogen and oxygen atoms in total. The lowest BCUT2D eigenvalue weighted by Gasteiger charge is -2.09. The van der Waals surface area contributed by atoms with Gasteiger partial charge in [0.2, 0.25) is 0 Å². The third kappa shape index (κ3) is 18.8. The van der Waals surface area contributed by atoms with Gasteiger partial charge in [0.05, 0.1) is 6.61 Å². The lowest BCUT2D eigenvalue weighted by molar-refractivity contribution is 0.235. The van der Waals surface area contributed by atoms with E-state index in [2.05, 4.69) is 50.2 Å². The summed E-state index contributed by atoms with van der Waals surface area (Å²) in [6, 6.07) is 0. The molecule has 0 rings (SSSR count). The second-order valence-corrected chi connectivity index (χ2v) is 9.52. The van der Waals surface area contributed by atoms with Crippen molar-refractivity contribution in [2.45, 2.75) is 73.1 Å². The molecule has 28 heavy (non-hydrogen) atoms. The van der Waals surface area contributed by atoms with E-state index < -0.39 is 16.4 Å². The molecule has 0 amide bonds. The molecular formula is C20H36O6P2. The predicted octanol–water partition coefficient (Wildman–Crippen LogP) is 6.48. The number of hydrogen-bond donors (Lipinski definition) is 3. The van der Waals surface area contributed by atoms with Gasteiger partial charge in [0, 0.05) is 0 Å². The molecule has 0 aromatic carbocycles. The van der Waals surface area contributed by atoms with Crippen LogP contribution >= 0.6 is 16.4 Å². The van der Waals surface area contributed by atoms with Crippen LogP contribution in [0.4, 0.5) is 0 Å². The molecule has 0 aromatic heterocycles. The minimum atomic E-state index is -4.72. The average molecular weight is 434 g/mol. The van der Waals surface area contributed by atoms with Gasteiger partial charge >= 0.3 is 16.4 Å². The molecule has 0 bridgehead atoms. The topological polar surface area (TPSA) is 96.2 Å². The second kappa shape index (κ2) is 15.3. The third-order valence-electron chi connectivity index (χ3n) is 3.95. The molecule has 0 heterocycles. The first-order valence-electron chi connectivity index (χ1n) is 9.47. The van der Waals surface area contributed by atoms with Gasteiger partial charge in [-0.1, -0.05) is 46.6 Å². The SMILES string of the molecule is CC(C)=CCC/C(C)=C/CC/C(C)=C/CC/C(C)=C/COP(O)OP(=O)(O)O. The van der Waals surface area contributed by atoms with E-state index in [0.29, 0.717) is 0 Å². The zero-order chi connectivity index (χ0) is 21.6. The van der Waals surface area contributed by atoms with Crippen molar-refractivity contribution in [2.75, 3.05) is 6.61 Å². The Balaban J connectivity index is 4.06. The quantitative estimate of drug-likeness (QED) is 0.214. The van der Waals surface area contributed by atoms with E-state index in [1.54, 1.807) is 6.08 Å². The van der Waals surface area contributed by atoms with Crippen LogP contribution in [-0.4, -0.2) is 21.3 Å². The molecule has 0 saturated heterocycles. The molecule has 8 heteroatoms. The van der Waals surface area contributed by atoms with Crippen LogP contribution < -0.4 is 0 Å². The fourth-order valence-corrected chi connectivity index (χ4v) is 3.46. The fourth-order valence-electron chi connectivity index (χ4n) is 2.35. The monoisotopic (exact) mass is 434 g/mol. The van der Waals surface area contributed by atoms with Crippen LogP contribution in [0.15, 0.2) is 46.6 Å². The molecule has 0 saturated carbocycles. The summed E-state index contributed by atoms with van der Waals surface area (Å²) < 4.78 is 19.4. The Bertz CT molecular complexity index is 612. The van der Waals surface area contributed by atoms with E-state index in [1.807, 2.05) is 6.92 Å². The van der Waals surface area contributed by atoms with Gasteiger partial charge in [-0.15, -0.1) is 0 Å². The molecule has 0 aliphatic carbocycles. The van der Waals surface area contributed by atoms with Crippen LogP contribution in [0.3, 0.4) is 0 Å². The second-order valence-electron chi connectivity index (χ2n) is 7.15. The summed E-state index contributed by atoms with van der Waals surface area (Å²) in [5, 5.41) is 0. The highest BCUT2D eigenvalue weighted by atomic mass is 31.3. The number of rotatable bonds is 14. The van der Waals surface area contributed by atoms with E-state index in [9.17, 15) is 9.46 Å². The van der Waals surface area contributed by atoms with Crippen molar-refractivity contribution in [1.82, 2.24) is 0 Å². The van der Waals surface area contributed by atoms with E-state index in [-0.39, 0.29) is 6.61 Å². The van der Waals surface area contributed by atoms with Crippen LogP contribution in [-0.2, 0) is 13.4 Å². The van der Waals surface area contributed by atoms with Crippen molar-refractivity contribution in [3.8, 4) is 0 Å². The van der Waals surface area contributed by atoms with Gasteiger partial charge in [-0.2, -0.15) is 0 Å². The first-order chi connectivity index (χ1) is 13.0. The summed E-state index contributed by atoms with van der Waals surface area (Å²) in [5.41, 5.74) is 5.26. The molecule has 162 valence electrons. The van der Waals surface area contributed by atoms with Crippen molar-refractivity contribution >= 4 is 16.4 Å². The maximum Gasteiger partial charge on any atom is 0.476 e. The molecule has 1 unspecified atom stereocenters. The standard InChI is InChI=1S/C20H36O6P2/c1-17(2)9-6-10-18(3)11-7-12-19(4)13-8-14-20(5)15-16-25-27(21)26-28(22,23)24/h9,11,13,15,21H,6-8,10,12,14,16H2,1-5H3,(H2,22,23,24)/b18-11+,19-13+,20-15+. The molecule has 0 aromatic rings. The maximum atomic E-state index is 10.5. The predicted molar refractivity (Wildman–Crippen MR) is 117 cm³/mol. The van der Waals surface area contributed by atoms with Gasteiger partial charge in [-0.05, 0) is 73.1 Å². The summed E-state index contributed by atoms with van der Waals surface area (Å²) in [5.74, 6) is 0. The summed E-state index contributed by atoms with van der Waals surface area (Å²) in [4.78, 5) is 26.3. The Labute approximate surface area is 171 Å². The average Bonchev–Trinajstić information content (AvgIpc) is 2.52. The van der Waals surface area contributed by atoms with Crippen LogP contribution in [0.1, 0.15) is 73.1 Å². The van der Waals surface area contributed by atoms with E-state index in [1.165, 1.54) is 16.7 Å². The van der Waals surface area contributed by atoms with Crippen molar-refractivity contribution in [3.05, 3.63) is 46.6 Å². The summed E-state index contributed by atoms with van der Waals surface area (Å²) in [6.45, 7) is 10.6. The van der Waals surface area contributed by atoms with Gasteiger partial charge in [-0.25, -0.2) is 8.88 Å². The number of phosphoric acid groups is 1. The lowest BCUT2D eigenvalue weighted by Crippen LogP contribution is -1.90. The maximum absolute atomic E-state index is 10.5. The Hall–Kier alpha value is -0.580. The highest BCUT2D eigenvalue weighted by molar-refractivity contribution is 7.57. The largest absolute Gasteiger partial charge is 0.476 e. The van der Waals surface area contributed by atoms with Gasteiger partial charge in [0.1, 0.15) is 0 Å². The minimum absolute atomic E-state index is 0.0492. The van der Waals surface area contributed by atoms with Crippen LogP contribution in [0.25, 0.3) is 0 Å². The third-order valence-corrected chi connectivity index (χ3v) is 5.73.